The summed E-state index contributed by atoms with van der Waals surface area (Å²) in [5.74, 6) is 0. The van der Waals surface area contributed by atoms with Crippen molar-refractivity contribution in [2.75, 3.05) is 31.1 Å². The predicted molar refractivity (Wildman–Crippen MR) is 115 cm³/mol. The summed E-state index contributed by atoms with van der Waals surface area (Å²) >= 11 is 12.0. The second kappa shape index (κ2) is 7.71. The number of halogens is 1. The van der Waals surface area contributed by atoms with E-state index in [0.717, 1.165) is 53.3 Å². The summed E-state index contributed by atoms with van der Waals surface area (Å²) in [4.78, 5) is 5.47. The molecule has 0 amide bonds. The van der Waals surface area contributed by atoms with Crippen molar-refractivity contribution in [3.8, 4) is 5.69 Å². The van der Waals surface area contributed by atoms with Crippen LogP contribution in [0, 0.1) is 6.92 Å². The molecular formula is C21H21ClN4S. The maximum atomic E-state index is 6.13. The number of rotatable bonds is 3. The number of para-hydroxylation sites is 1. The average Bonchev–Trinajstić information content (AvgIpc) is 3.10. The minimum absolute atomic E-state index is 0.771. The van der Waals surface area contributed by atoms with E-state index in [4.69, 9.17) is 23.8 Å². The molecule has 0 spiro atoms. The third-order valence-electron chi connectivity index (χ3n) is 4.79. The molecule has 2 heterocycles. The Hall–Kier alpha value is -2.37. The molecule has 1 aromatic heterocycles. The number of benzene rings is 2. The number of aryl methyl sites for hydroxylation is 1. The van der Waals surface area contributed by atoms with Crippen LogP contribution in [0.25, 0.3) is 5.69 Å². The van der Waals surface area contributed by atoms with Gasteiger partial charge in [-0.15, -0.1) is 0 Å². The van der Waals surface area contributed by atoms with E-state index in [0.29, 0.717) is 0 Å². The number of nitrogens with zero attached hydrogens (tertiary/aromatic N) is 4. The molecule has 1 fully saturated rings. The Kier molecular flexibility index (Phi) is 5.14. The minimum Gasteiger partial charge on any atom is -0.368 e. The highest BCUT2D eigenvalue weighted by atomic mass is 35.5. The van der Waals surface area contributed by atoms with Gasteiger partial charge in [0.15, 0.2) is 0 Å². The van der Waals surface area contributed by atoms with Crippen LogP contribution in [0.3, 0.4) is 0 Å². The molecule has 4 nitrogen and oxygen atoms in total. The fourth-order valence-corrected chi connectivity index (χ4v) is 3.93. The van der Waals surface area contributed by atoms with Crippen LogP contribution in [0.4, 0.5) is 5.69 Å². The first-order valence-corrected chi connectivity index (χ1v) is 9.82. The molecule has 0 aliphatic carbocycles. The lowest BCUT2D eigenvalue weighted by atomic mass is 10.2. The van der Waals surface area contributed by atoms with Crippen molar-refractivity contribution in [2.24, 2.45) is 0 Å². The number of thiocarbonyl (C=S) groups is 1. The Bertz CT molecular complexity index is 946. The maximum absolute atomic E-state index is 6.13. The highest BCUT2D eigenvalue weighted by Crippen LogP contribution is 2.22. The smallest absolute Gasteiger partial charge is 0.128 e. The van der Waals surface area contributed by atoms with Crippen LogP contribution >= 0.6 is 23.8 Å². The Morgan fingerprint density at radius 2 is 1.63 bits per heavy atom. The predicted octanol–water partition coefficient (Wildman–Crippen LogP) is 4.33. The van der Waals surface area contributed by atoms with Crippen LogP contribution < -0.4 is 4.90 Å². The molecule has 0 radical (unpaired) electrons. The van der Waals surface area contributed by atoms with E-state index < -0.39 is 0 Å². The van der Waals surface area contributed by atoms with Crippen molar-refractivity contribution in [1.82, 2.24) is 14.7 Å². The number of hydrogen-bond acceptors (Lipinski definition) is 3. The third kappa shape index (κ3) is 3.84. The second-order valence-corrected chi connectivity index (χ2v) is 7.50. The van der Waals surface area contributed by atoms with Gasteiger partial charge in [-0.2, -0.15) is 5.10 Å². The number of hydrogen-bond donors (Lipinski definition) is 0. The Balaban J connectivity index is 1.51. The average molecular weight is 397 g/mol. The van der Waals surface area contributed by atoms with Crippen molar-refractivity contribution in [2.45, 2.75) is 6.92 Å². The normalized spacial score (nSPS) is 14.4. The SMILES string of the molecule is Cc1cc(C(=S)N2CCN(c3cccc(Cl)c3)CC2)n(-c2ccccc2)n1. The largest absolute Gasteiger partial charge is 0.368 e. The van der Waals surface area contributed by atoms with Crippen LogP contribution in [-0.2, 0) is 0 Å². The summed E-state index contributed by atoms with van der Waals surface area (Å²) in [6.45, 7) is 5.59. The zero-order valence-electron chi connectivity index (χ0n) is 15.2. The van der Waals surface area contributed by atoms with E-state index in [-0.39, 0.29) is 0 Å². The van der Waals surface area contributed by atoms with Gasteiger partial charge in [0.1, 0.15) is 10.7 Å². The lowest BCUT2D eigenvalue weighted by Crippen LogP contribution is -2.48. The Morgan fingerprint density at radius 3 is 2.33 bits per heavy atom. The quantitative estimate of drug-likeness (QED) is 0.615. The van der Waals surface area contributed by atoms with E-state index in [1.807, 2.05) is 48.0 Å². The molecule has 0 unspecified atom stereocenters. The van der Waals surface area contributed by atoms with Gasteiger partial charge in [-0.1, -0.05) is 48.1 Å². The number of aromatic nitrogens is 2. The monoisotopic (exact) mass is 396 g/mol. The van der Waals surface area contributed by atoms with Gasteiger partial charge in [0.2, 0.25) is 0 Å². The van der Waals surface area contributed by atoms with Crippen molar-refractivity contribution in [3.05, 3.63) is 77.1 Å². The van der Waals surface area contributed by atoms with Crippen molar-refractivity contribution >= 4 is 34.5 Å². The van der Waals surface area contributed by atoms with Crippen LogP contribution in [0.5, 0.6) is 0 Å². The van der Waals surface area contributed by atoms with Crippen molar-refractivity contribution < 1.29 is 0 Å². The summed E-state index contributed by atoms with van der Waals surface area (Å²) < 4.78 is 1.95. The van der Waals surface area contributed by atoms with Crippen LogP contribution in [0.1, 0.15) is 11.4 Å². The van der Waals surface area contributed by atoms with Crippen molar-refractivity contribution in [1.29, 1.82) is 0 Å². The fraction of sp³-hybridized carbons (Fsp3) is 0.238. The van der Waals surface area contributed by atoms with E-state index in [1.165, 1.54) is 5.69 Å². The lowest BCUT2D eigenvalue weighted by molar-refractivity contribution is 0.391. The molecule has 0 N–H and O–H groups in total. The zero-order valence-corrected chi connectivity index (χ0v) is 16.7. The summed E-state index contributed by atoms with van der Waals surface area (Å²) in [6, 6.07) is 20.2. The van der Waals surface area contributed by atoms with Gasteiger partial charge in [0, 0.05) is 36.9 Å². The van der Waals surface area contributed by atoms with Gasteiger partial charge in [-0.05, 0) is 43.3 Å². The summed E-state index contributed by atoms with van der Waals surface area (Å²) in [5.41, 5.74) is 4.14. The molecule has 27 heavy (non-hydrogen) atoms. The summed E-state index contributed by atoms with van der Waals surface area (Å²) in [5, 5.41) is 5.42. The molecule has 2 aromatic carbocycles. The molecular weight excluding hydrogens is 376 g/mol. The minimum atomic E-state index is 0.771. The molecule has 1 aliphatic rings. The first-order valence-electron chi connectivity index (χ1n) is 9.04. The van der Waals surface area contributed by atoms with Crippen LogP contribution in [0.2, 0.25) is 5.02 Å². The maximum Gasteiger partial charge on any atom is 0.128 e. The summed E-state index contributed by atoms with van der Waals surface area (Å²) in [7, 11) is 0. The highest BCUT2D eigenvalue weighted by Gasteiger charge is 2.23. The fourth-order valence-electron chi connectivity index (χ4n) is 3.42. The van der Waals surface area contributed by atoms with Gasteiger partial charge in [0.25, 0.3) is 0 Å². The molecule has 0 saturated carbocycles. The number of piperazine rings is 1. The van der Waals surface area contributed by atoms with Gasteiger partial charge in [-0.25, -0.2) is 4.68 Å². The molecule has 138 valence electrons. The van der Waals surface area contributed by atoms with Gasteiger partial charge < -0.3 is 9.80 Å². The Labute approximate surface area is 170 Å². The summed E-state index contributed by atoms with van der Waals surface area (Å²) in [6.07, 6.45) is 0. The molecule has 4 rings (SSSR count). The molecule has 3 aromatic rings. The topological polar surface area (TPSA) is 24.3 Å². The highest BCUT2D eigenvalue weighted by molar-refractivity contribution is 7.80. The molecule has 1 aliphatic heterocycles. The third-order valence-corrected chi connectivity index (χ3v) is 5.49. The van der Waals surface area contributed by atoms with Crippen LogP contribution in [0.15, 0.2) is 60.7 Å². The number of anilines is 1. The van der Waals surface area contributed by atoms with Crippen LogP contribution in [-0.4, -0.2) is 45.8 Å². The van der Waals surface area contributed by atoms with Gasteiger partial charge >= 0.3 is 0 Å². The van der Waals surface area contributed by atoms with E-state index >= 15 is 0 Å². The standard InChI is InChI=1S/C21H21ClN4S/c1-16-14-20(26(23-16)18-7-3-2-4-8-18)21(27)25-12-10-24(11-13-25)19-9-5-6-17(22)15-19/h2-9,14-15H,10-13H2,1H3. The molecule has 6 heteroatoms. The molecule has 0 bridgehead atoms. The zero-order chi connectivity index (χ0) is 18.8. The van der Waals surface area contributed by atoms with Gasteiger partial charge in [-0.3, -0.25) is 0 Å². The first kappa shape index (κ1) is 18.0. The lowest BCUT2D eigenvalue weighted by Gasteiger charge is -2.37. The van der Waals surface area contributed by atoms with E-state index in [2.05, 4.69) is 39.2 Å². The molecule has 0 atom stereocenters. The van der Waals surface area contributed by atoms with E-state index in [1.54, 1.807) is 0 Å². The van der Waals surface area contributed by atoms with Crippen molar-refractivity contribution in [3.63, 3.8) is 0 Å². The van der Waals surface area contributed by atoms with Gasteiger partial charge in [0.05, 0.1) is 11.4 Å². The molecule has 1 saturated heterocycles. The Morgan fingerprint density at radius 1 is 0.926 bits per heavy atom. The first-order chi connectivity index (χ1) is 13.1. The second-order valence-electron chi connectivity index (χ2n) is 6.68. The van der Waals surface area contributed by atoms with E-state index in [9.17, 15) is 0 Å².